The van der Waals surface area contributed by atoms with Crippen LogP contribution in [0.4, 0.5) is 0 Å². The van der Waals surface area contributed by atoms with Gasteiger partial charge in [0.05, 0.1) is 15.9 Å². The first-order valence-electron chi connectivity index (χ1n) is 2.60. The zero-order chi connectivity index (χ0) is 7.78. The summed E-state index contributed by atoms with van der Waals surface area (Å²) in [5, 5.41) is 7.41. The Morgan fingerprint density at radius 2 is 2.40 bits per heavy atom. The van der Waals surface area contributed by atoms with E-state index in [0.717, 1.165) is 0 Å². The maximum atomic E-state index is 11.0. The molecule has 0 aliphatic heterocycles. The highest BCUT2D eigenvalue weighted by Gasteiger charge is 2.07. The van der Waals surface area contributed by atoms with Crippen LogP contribution in [0.2, 0.25) is 0 Å². The van der Waals surface area contributed by atoms with E-state index < -0.39 is 9.73 Å². The van der Waals surface area contributed by atoms with Crippen molar-refractivity contribution in [1.29, 1.82) is 4.78 Å². The Hall–Kier alpha value is -0.910. The molecule has 0 bridgehead atoms. The minimum Gasteiger partial charge on any atom is -0.248 e. The number of nitrogens with one attached hydrogen (secondary N) is 1. The predicted molar refractivity (Wildman–Crippen MR) is 36.1 cm³/mol. The van der Waals surface area contributed by atoms with Crippen LogP contribution in [0.5, 0.6) is 0 Å². The molecule has 5 nitrogen and oxygen atoms in total. The van der Waals surface area contributed by atoms with E-state index in [1.165, 1.54) is 17.1 Å². The molecule has 6 heteroatoms. The summed E-state index contributed by atoms with van der Waals surface area (Å²) in [7, 11) is -1.04. The van der Waals surface area contributed by atoms with Crippen molar-refractivity contribution >= 4 is 9.73 Å². The van der Waals surface area contributed by atoms with Gasteiger partial charge in [0.1, 0.15) is 0 Å². The van der Waals surface area contributed by atoms with Crippen molar-refractivity contribution in [2.24, 2.45) is 7.05 Å². The van der Waals surface area contributed by atoms with Gasteiger partial charge in [-0.25, -0.2) is 13.7 Å². The van der Waals surface area contributed by atoms with E-state index in [1.54, 1.807) is 7.05 Å². The molecule has 1 heterocycles. The van der Waals surface area contributed by atoms with Crippen LogP contribution in [0.25, 0.3) is 0 Å². The highest BCUT2D eigenvalue weighted by molar-refractivity contribution is 7.91. The molecule has 0 spiro atoms. The standard InChI is InChI=1S/C4H8N4OS/c1-8-4(3-6-7-8)10(2,5)9/h3,5H,1-2H3. The largest absolute Gasteiger partial charge is 0.248 e. The summed E-state index contributed by atoms with van der Waals surface area (Å²) in [6.07, 6.45) is 2.68. The maximum Gasteiger partial charge on any atom is 0.153 e. The van der Waals surface area contributed by atoms with Crippen LogP contribution in [0, 0.1) is 4.78 Å². The number of hydrogen-bond donors (Lipinski definition) is 1. The topological polar surface area (TPSA) is 71.6 Å². The molecule has 0 aliphatic rings. The lowest BCUT2D eigenvalue weighted by Gasteiger charge is -1.96. The van der Waals surface area contributed by atoms with Gasteiger partial charge in [-0.05, 0) is 0 Å². The van der Waals surface area contributed by atoms with E-state index in [0.29, 0.717) is 5.03 Å². The first-order valence-corrected chi connectivity index (χ1v) is 4.57. The molecule has 0 fully saturated rings. The first-order chi connectivity index (χ1) is 4.52. The summed E-state index contributed by atoms with van der Waals surface area (Å²) in [6, 6.07) is 0. The molecule has 0 saturated heterocycles. The second-order valence-electron chi connectivity index (χ2n) is 2.04. The minimum atomic E-state index is -2.65. The van der Waals surface area contributed by atoms with E-state index >= 15 is 0 Å². The van der Waals surface area contributed by atoms with Gasteiger partial charge in [0, 0.05) is 13.3 Å². The lowest BCUT2D eigenvalue weighted by Crippen LogP contribution is -2.03. The Balaban J connectivity index is 3.32. The van der Waals surface area contributed by atoms with Gasteiger partial charge < -0.3 is 0 Å². The molecular formula is C4H8N4OS. The van der Waals surface area contributed by atoms with Crippen LogP contribution in [0.3, 0.4) is 0 Å². The van der Waals surface area contributed by atoms with Crippen LogP contribution >= 0.6 is 0 Å². The third kappa shape index (κ3) is 1.15. The monoisotopic (exact) mass is 160 g/mol. The van der Waals surface area contributed by atoms with Crippen LogP contribution in [0.1, 0.15) is 0 Å². The molecule has 0 amide bonds. The van der Waals surface area contributed by atoms with Crippen molar-refractivity contribution in [2.75, 3.05) is 6.26 Å². The van der Waals surface area contributed by atoms with Crippen molar-refractivity contribution in [1.82, 2.24) is 15.0 Å². The van der Waals surface area contributed by atoms with Crippen molar-refractivity contribution in [3.63, 3.8) is 0 Å². The third-order valence-electron chi connectivity index (χ3n) is 1.07. The zero-order valence-corrected chi connectivity index (χ0v) is 6.55. The molecule has 0 aromatic carbocycles. The van der Waals surface area contributed by atoms with Crippen molar-refractivity contribution < 1.29 is 4.21 Å². The average Bonchev–Trinajstić information content (AvgIpc) is 2.11. The number of aromatic nitrogens is 3. The molecule has 1 rings (SSSR count). The zero-order valence-electron chi connectivity index (χ0n) is 5.74. The lowest BCUT2D eigenvalue weighted by molar-refractivity contribution is 0.635. The second-order valence-corrected chi connectivity index (χ2v) is 4.15. The highest BCUT2D eigenvalue weighted by Crippen LogP contribution is 2.03. The summed E-state index contributed by atoms with van der Waals surface area (Å²) in [4.78, 5) is 0. The molecule has 1 N–H and O–H groups in total. The predicted octanol–water partition coefficient (Wildman–Crippen LogP) is -0.149. The van der Waals surface area contributed by atoms with Gasteiger partial charge in [-0.1, -0.05) is 5.21 Å². The Labute approximate surface area is 59.0 Å². The van der Waals surface area contributed by atoms with Crippen LogP contribution < -0.4 is 0 Å². The second kappa shape index (κ2) is 2.05. The van der Waals surface area contributed by atoms with Crippen LogP contribution in [-0.2, 0) is 16.8 Å². The summed E-state index contributed by atoms with van der Waals surface area (Å²) >= 11 is 0. The smallest absolute Gasteiger partial charge is 0.153 e. The number of nitrogens with zero attached hydrogens (tertiary/aromatic N) is 3. The molecule has 0 aliphatic carbocycles. The lowest BCUT2D eigenvalue weighted by atomic mass is 10.9. The number of hydrogen-bond acceptors (Lipinski definition) is 4. The molecular weight excluding hydrogens is 152 g/mol. The number of aryl methyl sites for hydroxylation is 1. The summed E-state index contributed by atoms with van der Waals surface area (Å²) in [5.74, 6) is 0. The molecule has 10 heavy (non-hydrogen) atoms. The Bertz CT molecular complexity index is 325. The SMILES string of the molecule is Cn1nncc1S(C)(=N)=O. The van der Waals surface area contributed by atoms with Gasteiger partial charge in [0.25, 0.3) is 0 Å². The quantitative estimate of drug-likeness (QED) is 0.621. The van der Waals surface area contributed by atoms with E-state index in [-0.39, 0.29) is 0 Å². The fraction of sp³-hybridized carbons (Fsp3) is 0.500. The van der Waals surface area contributed by atoms with Gasteiger partial charge in [0.2, 0.25) is 0 Å². The average molecular weight is 160 g/mol. The molecule has 1 aromatic rings. The van der Waals surface area contributed by atoms with Crippen LogP contribution in [-0.4, -0.2) is 25.5 Å². The van der Waals surface area contributed by atoms with E-state index in [4.69, 9.17) is 4.78 Å². The van der Waals surface area contributed by atoms with Gasteiger partial charge in [-0.3, -0.25) is 0 Å². The Morgan fingerprint density at radius 3 is 2.60 bits per heavy atom. The Kier molecular flexibility index (Phi) is 1.47. The molecule has 56 valence electrons. The van der Waals surface area contributed by atoms with Gasteiger partial charge >= 0.3 is 0 Å². The summed E-state index contributed by atoms with van der Waals surface area (Å²) in [5.41, 5.74) is 0. The minimum absolute atomic E-state index is 0.354. The normalized spacial score (nSPS) is 16.6. The van der Waals surface area contributed by atoms with E-state index in [2.05, 4.69) is 10.3 Å². The third-order valence-corrected chi connectivity index (χ3v) is 2.24. The first kappa shape index (κ1) is 7.20. The van der Waals surface area contributed by atoms with Crippen molar-refractivity contribution in [3.8, 4) is 0 Å². The van der Waals surface area contributed by atoms with Crippen molar-refractivity contribution in [3.05, 3.63) is 6.20 Å². The highest BCUT2D eigenvalue weighted by atomic mass is 32.2. The van der Waals surface area contributed by atoms with E-state index in [1.807, 2.05) is 0 Å². The number of rotatable bonds is 1. The van der Waals surface area contributed by atoms with Crippen molar-refractivity contribution in [2.45, 2.75) is 5.03 Å². The molecule has 1 unspecified atom stereocenters. The van der Waals surface area contributed by atoms with Gasteiger partial charge in [0.15, 0.2) is 5.03 Å². The van der Waals surface area contributed by atoms with Gasteiger partial charge in [-0.2, -0.15) is 0 Å². The van der Waals surface area contributed by atoms with E-state index in [9.17, 15) is 4.21 Å². The Morgan fingerprint density at radius 1 is 1.80 bits per heavy atom. The fourth-order valence-electron chi connectivity index (χ4n) is 0.633. The fourth-order valence-corrected chi connectivity index (χ4v) is 1.42. The molecule has 1 aromatic heterocycles. The summed E-state index contributed by atoms with van der Waals surface area (Å²) < 4.78 is 19.5. The molecule has 1 atom stereocenters. The summed E-state index contributed by atoms with van der Waals surface area (Å²) in [6.45, 7) is 0. The van der Waals surface area contributed by atoms with Crippen LogP contribution in [0.15, 0.2) is 11.2 Å². The molecule has 0 radical (unpaired) electrons. The molecule has 0 saturated carbocycles. The maximum absolute atomic E-state index is 11.0. The van der Waals surface area contributed by atoms with Gasteiger partial charge in [-0.15, -0.1) is 5.10 Å².